The molecule has 0 aliphatic carbocycles. The minimum absolute atomic E-state index is 0.0435. The van der Waals surface area contributed by atoms with Crippen molar-refractivity contribution >= 4 is 17.4 Å². The largest absolute Gasteiger partial charge is 0.388 e. The number of carbonyl (C=O) groups excluding carboxylic acids is 1. The van der Waals surface area contributed by atoms with Gasteiger partial charge in [-0.25, -0.2) is 4.79 Å². The fraction of sp³-hybridized carbons (Fsp3) is 0.316. The molecule has 2 atom stereocenters. The number of rotatable bonds is 8. The monoisotopic (exact) mass is 372 g/mol. The minimum atomic E-state index is -0.715. The van der Waals surface area contributed by atoms with E-state index in [1.165, 1.54) is 24.3 Å². The van der Waals surface area contributed by atoms with Crippen LogP contribution in [0.3, 0.4) is 0 Å². The minimum Gasteiger partial charge on any atom is -0.388 e. The number of nitro groups is 1. The van der Waals surface area contributed by atoms with Gasteiger partial charge in [0.05, 0.1) is 11.0 Å². The van der Waals surface area contributed by atoms with E-state index in [-0.39, 0.29) is 18.2 Å². The first-order valence-electron chi connectivity index (χ1n) is 8.54. The smallest absolute Gasteiger partial charge is 0.319 e. The Balaban J connectivity index is 1.95. The molecule has 3 N–H and O–H groups in total. The first kappa shape index (κ1) is 20.3. The third-order valence-corrected chi connectivity index (χ3v) is 4.05. The number of amides is 2. The van der Waals surface area contributed by atoms with Crippen LogP contribution in [0.2, 0.25) is 0 Å². The number of non-ortho nitro benzene ring substituents is 1. The molecular weight excluding hydrogens is 348 g/mol. The van der Waals surface area contributed by atoms with Gasteiger partial charge in [0.15, 0.2) is 0 Å². The van der Waals surface area contributed by atoms with E-state index in [9.17, 15) is 20.0 Å². The van der Waals surface area contributed by atoms with E-state index in [1.807, 2.05) is 49.3 Å². The first-order chi connectivity index (χ1) is 12.9. The number of aliphatic hydroxyl groups excluding tert-OH is 1. The van der Waals surface area contributed by atoms with Crippen molar-refractivity contribution in [1.29, 1.82) is 0 Å². The number of benzene rings is 2. The summed E-state index contributed by atoms with van der Waals surface area (Å²) in [6.07, 6.45) is -0.715. The van der Waals surface area contributed by atoms with Crippen molar-refractivity contribution in [2.45, 2.75) is 6.10 Å². The highest BCUT2D eigenvalue weighted by molar-refractivity contribution is 5.89. The third kappa shape index (κ3) is 6.36. The Bertz CT molecular complexity index is 750. The molecule has 0 bridgehead atoms. The zero-order valence-electron chi connectivity index (χ0n) is 15.3. The Labute approximate surface area is 158 Å². The molecule has 8 heteroatoms. The van der Waals surface area contributed by atoms with Crippen LogP contribution in [-0.2, 0) is 0 Å². The second-order valence-corrected chi connectivity index (χ2v) is 6.52. The maximum Gasteiger partial charge on any atom is 0.319 e. The van der Waals surface area contributed by atoms with Gasteiger partial charge >= 0.3 is 6.03 Å². The standard InChI is InChI=1S/C19H24N4O4/c1-22(2)13-15(18(24)14-6-4-3-5-7-14)12-20-19(25)21-16-8-10-17(11-9-16)23(26)27/h3-11,15,18,24H,12-13H2,1-2H3,(H2,20,21,25)/t15-,18-/m0/s1. The maximum absolute atomic E-state index is 12.1. The summed E-state index contributed by atoms with van der Waals surface area (Å²) in [6.45, 7) is 0.862. The highest BCUT2D eigenvalue weighted by Gasteiger charge is 2.22. The van der Waals surface area contributed by atoms with Crippen LogP contribution in [0.25, 0.3) is 0 Å². The highest BCUT2D eigenvalue weighted by atomic mass is 16.6. The van der Waals surface area contributed by atoms with Crippen molar-refractivity contribution < 1.29 is 14.8 Å². The average Bonchev–Trinajstić information content (AvgIpc) is 2.65. The molecule has 0 saturated heterocycles. The molecular formula is C19H24N4O4. The van der Waals surface area contributed by atoms with Crippen LogP contribution in [0.1, 0.15) is 11.7 Å². The number of carbonyl (C=O) groups is 1. The maximum atomic E-state index is 12.1. The lowest BCUT2D eigenvalue weighted by atomic mass is 9.95. The van der Waals surface area contributed by atoms with E-state index in [1.54, 1.807) is 0 Å². The molecule has 0 unspecified atom stereocenters. The van der Waals surface area contributed by atoms with Crippen LogP contribution < -0.4 is 10.6 Å². The third-order valence-electron chi connectivity index (χ3n) is 4.05. The molecule has 0 aliphatic rings. The molecule has 0 heterocycles. The topological polar surface area (TPSA) is 108 Å². The van der Waals surface area contributed by atoms with E-state index >= 15 is 0 Å². The predicted octanol–water partition coefficient (Wildman–Crippen LogP) is 2.63. The SMILES string of the molecule is CN(C)C[C@H](CNC(=O)Nc1ccc([N+](=O)[O-])cc1)[C@@H](O)c1ccccc1. The second kappa shape index (κ2) is 9.65. The van der Waals surface area contributed by atoms with Gasteiger partial charge in [0.25, 0.3) is 5.69 Å². The van der Waals surface area contributed by atoms with Gasteiger partial charge in [-0.05, 0) is 31.8 Å². The van der Waals surface area contributed by atoms with E-state index in [2.05, 4.69) is 10.6 Å². The summed E-state index contributed by atoms with van der Waals surface area (Å²) in [6, 6.07) is 14.4. The van der Waals surface area contributed by atoms with Crippen LogP contribution in [0, 0.1) is 16.0 Å². The zero-order chi connectivity index (χ0) is 19.8. The van der Waals surface area contributed by atoms with Crippen molar-refractivity contribution in [3.63, 3.8) is 0 Å². The van der Waals surface area contributed by atoms with Crippen LogP contribution in [0.5, 0.6) is 0 Å². The van der Waals surface area contributed by atoms with Gasteiger partial charge in [-0.1, -0.05) is 30.3 Å². The summed E-state index contributed by atoms with van der Waals surface area (Å²) in [4.78, 5) is 24.2. The van der Waals surface area contributed by atoms with E-state index in [0.29, 0.717) is 12.2 Å². The molecule has 144 valence electrons. The Morgan fingerprint density at radius 2 is 1.78 bits per heavy atom. The fourth-order valence-electron chi connectivity index (χ4n) is 2.73. The molecule has 8 nitrogen and oxygen atoms in total. The van der Waals surface area contributed by atoms with Crippen molar-refractivity contribution in [2.75, 3.05) is 32.5 Å². The van der Waals surface area contributed by atoms with Crippen molar-refractivity contribution in [3.8, 4) is 0 Å². The number of nitrogens with zero attached hydrogens (tertiary/aromatic N) is 2. The second-order valence-electron chi connectivity index (χ2n) is 6.52. The lowest BCUT2D eigenvalue weighted by Gasteiger charge is -2.26. The van der Waals surface area contributed by atoms with Gasteiger partial charge in [-0.15, -0.1) is 0 Å². The number of anilines is 1. The Hall–Kier alpha value is -2.97. The molecule has 2 aromatic carbocycles. The molecule has 0 radical (unpaired) electrons. The molecule has 0 saturated carbocycles. The van der Waals surface area contributed by atoms with Crippen LogP contribution in [0.4, 0.5) is 16.2 Å². The number of urea groups is 1. The van der Waals surface area contributed by atoms with Gasteiger partial charge in [0, 0.05) is 36.8 Å². The van der Waals surface area contributed by atoms with Gasteiger partial charge in [0.1, 0.15) is 0 Å². The number of nitrogens with one attached hydrogen (secondary N) is 2. The summed E-state index contributed by atoms with van der Waals surface area (Å²) in [5.41, 5.74) is 1.20. The van der Waals surface area contributed by atoms with E-state index in [0.717, 1.165) is 5.56 Å². The van der Waals surface area contributed by atoms with Gasteiger partial charge in [-0.3, -0.25) is 10.1 Å². The van der Waals surface area contributed by atoms with Crippen molar-refractivity contribution in [3.05, 3.63) is 70.3 Å². The molecule has 27 heavy (non-hydrogen) atoms. The summed E-state index contributed by atoms with van der Waals surface area (Å²) in [5.74, 6) is -0.204. The normalized spacial score (nSPS) is 13.0. The van der Waals surface area contributed by atoms with Crippen LogP contribution >= 0.6 is 0 Å². The molecule has 2 amide bonds. The Morgan fingerprint density at radius 3 is 2.33 bits per heavy atom. The zero-order valence-corrected chi connectivity index (χ0v) is 15.3. The van der Waals surface area contributed by atoms with E-state index < -0.39 is 17.1 Å². The number of aliphatic hydroxyl groups is 1. The first-order valence-corrected chi connectivity index (χ1v) is 8.54. The summed E-state index contributed by atoms with van der Waals surface area (Å²) < 4.78 is 0. The number of hydrogen-bond acceptors (Lipinski definition) is 5. The van der Waals surface area contributed by atoms with Crippen molar-refractivity contribution in [1.82, 2.24) is 10.2 Å². The molecule has 0 aromatic heterocycles. The quantitative estimate of drug-likeness (QED) is 0.488. The number of hydrogen-bond donors (Lipinski definition) is 3. The highest BCUT2D eigenvalue weighted by Crippen LogP contribution is 2.22. The van der Waals surface area contributed by atoms with Crippen LogP contribution in [0.15, 0.2) is 54.6 Å². The summed E-state index contributed by atoms with van der Waals surface area (Å²) >= 11 is 0. The lowest BCUT2D eigenvalue weighted by molar-refractivity contribution is -0.384. The van der Waals surface area contributed by atoms with Crippen molar-refractivity contribution in [2.24, 2.45) is 5.92 Å². The summed E-state index contributed by atoms with van der Waals surface area (Å²) in [7, 11) is 3.81. The Kier molecular flexibility index (Phi) is 7.27. The van der Waals surface area contributed by atoms with Gasteiger partial charge in [0.2, 0.25) is 0 Å². The predicted molar refractivity (Wildman–Crippen MR) is 104 cm³/mol. The Morgan fingerprint density at radius 1 is 1.15 bits per heavy atom. The van der Waals surface area contributed by atoms with Crippen LogP contribution in [-0.4, -0.2) is 48.1 Å². The molecule has 0 spiro atoms. The number of nitro benzene ring substituents is 1. The molecule has 2 rings (SSSR count). The molecule has 0 fully saturated rings. The lowest BCUT2D eigenvalue weighted by Crippen LogP contribution is -2.39. The van der Waals surface area contributed by atoms with E-state index in [4.69, 9.17) is 0 Å². The summed E-state index contributed by atoms with van der Waals surface area (Å²) in [5, 5.41) is 26.7. The average molecular weight is 372 g/mol. The fourth-order valence-corrected chi connectivity index (χ4v) is 2.73. The molecule has 2 aromatic rings. The van der Waals surface area contributed by atoms with Gasteiger partial charge in [-0.2, -0.15) is 0 Å². The molecule has 0 aliphatic heterocycles. The van der Waals surface area contributed by atoms with Gasteiger partial charge < -0.3 is 20.6 Å².